The molecule has 0 unspecified atom stereocenters. The van der Waals surface area contributed by atoms with Gasteiger partial charge >= 0.3 is 0 Å². The second-order valence-electron chi connectivity index (χ2n) is 6.96. The molecule has 0 aliphatic heterocycles. The third kappa shape index (κ3) is 3.90. The van der Waals surface area contributed by atoms with E-state index in [1.165, 1.54) is 0 Å². The van der Waals surface area contributed by atoms with E-state index < -0.39 is 0 Å². The summed E-state index contributed by atoms with van der Waals surface area (Å²) < 4.78 is 1.68. The molecule has 1 amide bonds. The van der Waals surface area contributed by atoms with Crippen LogP contribution in [0.25, 0.3) is 17.0 Å². The van der Waals surface area contributed by atoms with Gasteiger partial charge in [-0.3, -0.25) is 4.79 Å². The van der Waals surface area contributed by atoms with E-state index in [-0.39, 0.29) is 11.1 Å². The molecule has 1 aliphatic carbocycles. The van der Waals surface area contributed by atoms with Gasteiger partial charge in [-0.25, -0.2) is 14.5 Å². The van der Waals surface area contributed by atoms with Gasteiger partial charge in [0.2, 0.25) is 0 Å². The number of hydrogen-bond acceptors (Lipinski definition) is 5. The van der Waals surface area contributed by atoms with E-state index in [0.29, 0.717) is 34.6 Å². The molecule has 0 bridgehead atoms. The molecule has 7 nitrogen and oxygen atoms in total. The summed E-state index contributed by atoms with van der Waals surface area (Å²) in [6.07, 6.45) is 3.99. The van der Waals surface area contributed by atoms with E-state index in [9.17, 15) is 4.79 Å². The zero-order chi connectivity index (χ0) is 19.8. The van der Waals surface area contributed by atoms with Gasteiger partial charge in [-0.1, -0.05) is 41.9 Å². The van der Waals surface area contributed by atoms with Gasteiger partial charge in [0.15, 0.2) is 11.5 Å². The smallest absolute Gasteiger partial charge is 0.255 e. The lowest BCUT2D eigenvalue weighted by molar-refractivity contribution is 0.102. The molecule has 3 aromatic heterocycles. The standard InChI is InChI=1S/C21H17ClN6O/c22-17-10-14(11-18(25-17)23-15-6-7-15)21(29)24-16-8-9-28-19(12-16)26-20(27-28)13-4-2-1-3-5-13/h1-5,8-12,15H,6-7H2,(H,23,25)(H,24,29). The quantitative estimate of drug-likeness (QED) is 0.485. The van der Waals surface area contributed by atoms with Crippen LogP contribution in [0, 0.1) is 0 Å². The molecule has 29 heavy (non-hydrogen) atoms. The van der Waals surface area contributed by atoms with E-state index in [4.69, 9.17) is 11.6 Å². The number of nitrogens with zero attached hydrogens (tertiary/aromatic N) is 4. The first-order valence-corrected chi connectivity index (χ1v) is 9.69. The first-order valence-electron chi connectivity index (χ1n) is 9.31. The summed E-state index contributed by atoms with van der Waals surface area (Å²) in [4.78, 5) is 21.5. The third-order valence-corrected chi connectivity index (χ3v) is 4.81. The van der Waals surface area contributed by atoms with Crippen LogP contribution in [0.1, 0.15) is 23.2 Å². The predicted molar refractivity (Wildman–Crippen MR) is 112 cm³/mol. The molecule has 1 aliphatic rings. The Hall–Kier alpha value is -3.45. The number of pyridine rings is 2. The van der Waals surface area contributed by atoms with Crippen LogP contribution in [-0.4, -0.2) is 31.5 Å². The van der Waals surface area contributed by atoms with Crippen molar-refractivity contribution in [3.63, 3.8) is 0 Å². The van der Waals surface area contributed by atoms with Crippen LogP contribution in [0.5, 0.6) is 0 Å². The van der Waals surface area contributed by atoms with Crippen LogP contribution in [0.4, 0.5) is 11.5 Å². The minimum absolute atomic E-state index is 0.264. The molecule has 144 valence electrons. The Balaban J connectivity index is 1.38. The number of amides is 1. The summed E-state index contributed by atoms with van der Waals surface area (Å²) in [6, 6.07) is 17.0. The highest BCUT2D eigenvalue weighted by Gasteiger charge is 2.22. The van der Waals surface area contributed by atoms with Crippen molar-refractivity contribution in [1.29, 1.82) is 0 Å². The fourth-order valence-corrected chi connectivity index (χ4v) is 3.22. The Kier molecular flexibility index (Phi) is 4.37. The monoisotopic (exact) mass is 404 g/mol. The molecular formula is C21H17ClN6O. The van der Waals surface area contributed by atoms with E-state index >= 15 is 0 Å². The summed E-state index contributed by atoms with van der Waals surface area (Å²) in [6.45, 7) is 0. The summed E-state index contributed by atoms with van der Waals surface area (Å²) in [7, 11) is 0. The summed E-state index contributed by atoms with van der Waals surface area (Å²) in [5.74, 6) is 0.983. The number of fused-ring (bicyclic) bond motifs is 1. The van der Waals surface area contributed by atoms with Crippen molar-refractivity contribution >= 4 is 34.7 Å². The maximum absolute atomic E-state index is 12.7. The number of aromatic nitrogens is 4. The molecule has 0 saturated heterocycles. The minimum Gasteiger partial charge on any atom is -0.367 e. The Morgan fingerprint density at radius 2 is 1.90 bits per heavy atom. The molecule has 5 rings (SSSR count). The maximum Gasteiger partial charge on any atom is 0.255 e. The molecule has 3 heterocycles. The molecule has 1 saturated carbocycles. The molecular weight excluding hydrogens is 388 g/mol. The highest BCUT2D eigenvalue weighted by Crippen LogP contribution is 2.25. The molecule has 8 heteroatoms. The zero-order valence-corrected chi connectivity index (χ0v) is 16.1. The number of carbonyl (C=O) groups is 1. The van der Waals surface area contributed by atoms with Crippen LogP contribution in [0.2, 0.25) is 5.15 Å². The molecule has 1 aromatic carbocycles. The van der Waals surface area contributed by atoms with Crippen LogP contribution in [0.15, 0.2) is 60.8 Å². The van der Waals surface area contributed by atoms with E-state index in [0.717, 1.165) is 18.4 Å². The minimum atomic E-state index is -0.264. The summed E-state index contributed by atoms with van der Waals surface area (Å²) in [5, 5.41) is 10.9. The van der Waals surface area contributed by atoms with Crippen molar-refractivity contribution in [3.8, 4) is 11.4 Å². The van der Waals surface area contributed by atoms with Crippen LogP contribution < -0.4 is 10.6 Å². The fourth-order valence-electron chi connectivity index (χ4n) is 3.01. The molecule has 0 atom stereocenters. The number of hydrogen-bond donors (Lipinski definition) is 2. The third-order valence-electron chi connectivity index (χ3n) is 4.61. The van der Waals surface area contributed by atoms with E-state index in [1.54, 1.807) is 35.0 Å². The predicted octanol–water partition coefficient (Wildman–Crippen LogP) is 4.27. The van der Waals surface area contributed by atoms with Crippen molar-refractivity contribution < 1.29 is 4.79 Å². The summed E-state index contributed by atoms with van der Waals surface area (Å²) >= 11 is 6.09. The van der Waals surface area contributed by atoms with Gasteiger partial charge in [0.05, 0.1) is 0 Å². The van der Waals surface area contributed by atoms with Crippen LogP contribution in [0.3, 0.4) is 0 Å². The van der Waals surface area contributed by atoms with E-state index in [1.807, 2.05) is 30.3 Å². The van der Waals surface area contributed by atoms with E-state index in [2.05, 4.69) is 25.7 Å². The van der Waals surface area contributed by atoms with Crippen molar-refractivity contribution in [3.05, 3.63) is 71.5 Å². The van der Waals surface area contributed by atoms with Crippen molar-refractivity contribution in [1.82, 2.24) is 19.6 Å². The van der Waals surface area contributed by atoms with Crippen LogP contribution >= 0.6 is 11.6 Å². The lowest BCUT2D eigenvalue weighted by atomic mass is 10.2. The number of nitrogens with one attached hydrogen (secondary N) is 2. The number of carbonyl (C=O) groups excluding carboxylic acids is 1. The van der Waals surface area contributed by atoms with Gasteiger partial charge in [-0.2, -0.15) is 0 Å². The van der Waals surface area contributed by atoms with Gasteiger partial charge < -0.3 is 10.6 Å². The SMILES string of the molecule is O=C(Nc1ccn2nc(-c3ccccc3)nc2c1)c1cc(Cl)nc(NC2CC2)c1. The molecule has 1 fully saturated rings. The molecule has 4 aromatic rings. The molecule has 2 N–H and O–H groups in total. The average Bonchev–Trinajstić information content (AvgIpc) is 3.43. The van der Waals surface area contributed by atoms with Gasteiger partial charge in [0.1, 0.15) is 11.0 Å². The normalized spacial score (nSPS) is 13.4. The first-order chi connectivity index (χ1) is 14.1. The summed E-state index contributed by atoms with van der Waals surface area (Å²) in [5.41, 5.74) is 2.65. The Bertz CT molecular complexity index is 1200. The van der Waals surface area contributed by atoms with Crippen molar-refractivity contribution in [2.45, 2.75) is 18.9 Å². The highest BCUT2D eigenvalue weighted by atomic mass is 35.5. The first kappa shape index (κ1) is 17.6. The maximum atomic E-state index is 12.7. The topological polar surface area (TPSA) is 84.2 Å². The number of benzene rings is 1. The van der Waals surface area contributed by atoms with Gasteiger partial charge in [0, 0.05) is 35.1 Å². The number of rotatable bonds is 5. The Labute approximate surface area is 171 Å². The van der Waals surface area contributed by atoms with Gasteiger partial charge in [-0.05, 0) is 31.0 Å². The lowest BCUT2D eigenvalue weighted by Crippen LogP contribution is -2.13. The van der Waals surface area contributed by atoms with Crippen molar-refractivity contribution in [2.24, 2.45) is 0 Å². The average molecular weight is 405 g/mol. The largest absolute Gasteiger partial charge is 0.367 e. The second-order valence-corrected chi connectivity index (χ2v) is 7.34. The molecule has 0 radical (unpaired) electrons. The highest BCUT2D eigenvalue weighted by molar-refractivity contribution is 6.30. The zero-order valence-electron chi connectivity index (χ0n) is 15.3. The van der Waals surface area contributed by atoms with Crippen LogP contribution in [-0.2, 0) is 0 Å². The molecule has 0 spiro atoms. The fraction of sp³-hybridized carbons (Fsp3) is 0.143. The van der Waals surface area contributed by atoms with Gasteiger partial charge in [0.25, 0.3) is 5.91 Å². The van der Waals surface area contributed by atoms with Crippen molar-refractivity contribution in [2.75, 3.05) is 10.6 Å². The Morgan fingerprint density at radius 1 is 1.07 bits per heavy atom. The second kappa shape index (κ2) is 7.18. The van der Waals surface area contributed by atoms with Gasteiger partial charge in [-0.15, -0.1) is 5.10 Å². The number of anilines is 2. The lowest BCUT2D eigenvalue weighted by Gasteiger charge is -2.09. The Morgan fingerprint density at radius 3 is 2.69 bits per heavy atom. The number of halogens is 1.